The first-order chi connectivity index (χ1) is 12.2. The molecular formula is C18H19ClF3N3O. The highest BCUT2D eigenvalue weighted by molar-refractivity contribution is 6.30. The van der Waals surface area contributed by atoms with Crippen molar-refractivity contribution in [2.45, 2.75) is 12.6 Å². The number of hydrogen-bond donors (Lipinski definition) is 2. The SMILES string of the molecule is CN(C)c1ccc(NC(=O)CCNc2ccc(Cl)cc2C(F)(F)F)cc1. The van der Waals surface area contributed by atoms with Gasteiger partial charge in [0.2, 0.25) is 5.91 Å². The fourth-order valence-corrected chi connectivity index (χ4v) is 2.45. The lowest BCUT2D eigenvalue weighted by Crippen LogP contribution is -2.18. The number of anilines is 3. The largest absolute Gasteiger partial charge is 0.418 e. The van der Waals surface area contributed by atoms with Crippen LogP contribution >= 0.6 is 11.6 Å². The van der Waals surface area contributed by atoms with E-state index in [-0.39, 0.29) is 29.6 Å². The molecule has 0 heterocycles. The summed E-state index contributed by atoms with van der Waals surface area (Å²) in [6.07, 6.45) is -4.50. The van der Waals surface area contributed by atoms with Crippen LogP contribution in [0.25, 0.3) is 0 Å². The van der Waals surface area contributed by atoms with E-state index >= 15 is 0 Å². The average molecular weight is 386 g/mol. The lowest BCUT2D eigenvalue weighted by Gasteiger charge is -2.15. The molecule has 0 aliphatic heterocycles. The first kappa shape index (κ1) is 19.9. The zero-order valence-corrected chi connectivity index (χ0v) is 15.1. The minimum atomic E-state index is -4.52. The van der Waals surface area contributed by atoms with Crippen molar-refractivity contribution in [2.24, 2.45) is 0 Å². The van der Waals surface area contributed by atoms with E-state index in [0.29, 0.717) is 5.69 Å². The molecule has 2 N–H and O–H groups in total. The van der Waals surface area contributed by atoms with Gasteiger partial charge in [-0.1, -0.05) is 11.6 Å². The fraction of sp³-hybridized carbons (Fsp3) is 0.278. The van der Waals surface area contributed by atoms with E-state index in [1.165, 1.54) is 12.1 Å². The van der Waals surface area contributed by atoms with Crippen LogP contribution < -0.4 is 15.5 Å². The van der Waals surface area contributed by atoms with Crippen LogP contribution in [0.3, 0.4) is 0 Å². The van der Waals surface area contributed by atoms with E-state index in [9.17, 15) is 18.0 Å². The number of amides is 1. The van der Waals surface area contributed by atoms with Gasteiger partial charge < -0.3 is 15.5 Å². The Bertz CT molecular complexity index is 761. The van der Waals surface area contributed by atoms with Gasteiger partial charge in [0.05, 0.1) is 5.56 Å². The monoisotopic (exact) mass is 385 g/mol. The first-order valence-electron chi connectivity index (χ1n) is 7.84. The number of hydrogen-bond acceptors (Lipinski definition) is 3. The van der Waals surface area contributed by atoms with Crippen molar-refractivity contribution in [3.63, 3.8) is 0 Å². The standard InChI is InChI=1S/C18H19ClF3N3O/c1-25(2)14-6-4-13(5-7-14)24-17(26)9-10-23-16-8-3-12(19)11-15(16)18(20,21)22/h3-8,11,23H,9-10H2,1-2H3,(H,24,26). The van der Waals surface area contributed by atoms with Gasteiger partial charge in [-0.2, -0.15) is 13.2 Å². The number of carbonyl (C=O) groups is 1. The van der Waals surface area contributed by atoms with E-state index < -0.39 is 11.7 Å². The van der Waals surface area contributed by atoms with Crippen molar-refractivity contribution in [1.29, 1.82) is 0 Å². The molecule has 0 atom stereocenters. The van der Waals surface area contributed by atoms with Gasteiger partial charge in [-0.25, -0.2) is 0 Å². The highest BCUT2D eigenvalue weighted by Crippen LogP contribution is 2.36. The molecule has 0 bridgehead atoms. The smallest absolute Gasteiger partial charge is 0.384 e. The summed E-state index contributed by atoms with van der Waals surface area (Å²) < 4.78 is 39.0. The van der Waals surface area contributed by atoms with Crippen molar-refractivity contribution in [3.8, 4) is 0 Å². The van der Waals surface area contributed by atoms with Gasteiger partial charge in [-0.05, 0) is 42.5 Å². The van der Waals surface area contributed by atoms with Gasteiger partial charge in [0.25, 0.3) is 0 Å². The molecule has 2 aromatic rings. The van der Waals surface area contributed by atoms with Gasteiger partial charge in [-0.15, -0.1) is 0 Å². The summed E-state index contributed by atoms with van der Waals surface area (Å²) in [4.78, 5) is 13.9. The molecule has 2 rings (SSSR count). The van der Waals surface area contributed by atoms with Crippen molar-refractivity contribution >= 4 is 34.6 Å². The van der Waals surface area contributed by atoms with Crippen LogP contribution in [0.2, 0.25) is 5.02 Å². The van der Waals surface area contributed by atoms with Crippen LogP contribution in [-0.2, 0) is 11.0 Å². The maximum Gasteiger partial charge on any atom is 0.418 e. The van der Waals surface area contributed by atoms with Crippen molar-refractivity contribution < 1.29 is 18.0 Å². The molecule has 2 aromatic carbocycles. The zero-order chi connectivity index (χ0) is 19.3. The van der Waals surface area contributed by atoms with Crippen LogP contribution in [0.1, 0.15) is 12.0 Å². The quantitative estimate of drug-likeness (QED) is 0.746. The van der Waals surface area contributed by atoms with E-state index in [4.69, 9.17) is 11.6 Å². The molecule has 1 amide bonds. The fourth-order valence-electron chi connectivity index (χ4n) is 2.28. The summed E-state index contributed by atoms with van der Waals surface area (Å²) in [6, 6.07) is 10.7. The normalized spacial score (nSPS) is 11.2. The van der Waals surface area contributed by atoms with Crippen molar-refractivity contribution in [2.75, 3.05) is 36.2 Å². The van der Waals surface area contributed by atoms with Crippen LogP contribution in [0.5, 0.6) is 0 Å². The Morgan fingerprint density at radius 2 is 1.77 bits per heavy atom. The summed E-state index contributed by atoms with van der Waals surface area (Å²) >= 11 is 5.63. The Balaban J connectivity index is 1.91. The molecule has 140 valence electrons. The summed E-state index contributed by atoms with van der Waals surface area (Å²) in [7, 11) is 3.82. The van der Waals surface area contributed by atoms with Crippen molar-refractivity contribution in [3.05, 3.63) is 53.1 Å². The number of benzene rings is 2. The Labute approximate surface area is 154 Å². The molecule has 4 nitrogen and oxygen atoms in total. The maximum absolute atomic E-state index is 13.0. The van der Waals surface area contributed by atoms with Crippen LogP contribution in [-0.4, -0.2) is 26.5 Å². The molecule has 0 aliphatic rings. The second kappa shape index (κ2) is 8.31. The predicted molar refractivity (Wildman–Crippen MR) is 99.0 cm³/mol. The second-order valence-electron chi connectivity index (χ2n) is 5.85. The molecule has 0 radical (unpaired) electrons. The summed E-state index contributed by atoms with van der Waals surface area (Å²) in [5.41, 5.74) is 0.657. The molecule has 8 heteroatoms. The lowest BCUT2D eigenvalue weighted by molar-refractivity contribution is -0.137. The number of nitrogens with zero attached hydrogens (tertiary/aromatic N) is 1. The molecule has 26 heavy (non-hydrogen) atoms. The maximum atomic E-state index is 13.0. The topological polar surface area (TPSA) is 44.4 Å². The van der Waals surface area contributed by atoms with Gasteiger partial charge in [0.15, 0.2) is 0 Å². The Kier molecular flexibility index (Phi) is 6.37. The molecule has 0 fully saturated rings. The van der Waals surface area contributed by atoms with Crippen LogP contribution in [0, 0.1) is 0 Å². The predicted octanol–water partition coefficient (Wildman–Crippen LogP) is 4.87. The second-order valence-corrected chi connectivity index (χ2v) is 6.29. The average Bonchev–Trinajstić information content (AvgIpc) is 2.55. The Morgan fingerprint density at radius 1 is 1.12 bits per heavy atom. The molecule has 0 unspecified atom stereocenters. The van der Waals surface area contributed by atoms with E-state index in [0.717, 1.165) is 11.8 Å². The molecule has 0 aliphatic carbocycles. The number of carbonyl (C=O) groups excluding carboxylic acids is 1. The minimum absolute atomic E-state index is 0.00166. The number of nitrogens with one attached hydrogen (secondary N) is 2. The molecule has 0 saturated heterocycles. The van der Waals surface area contributed by atoms with E-state index in [1.807, 2.05) is 31.1 Å². The van der Waals surface area contributed by atoms with Gasteiger partial charge in [-0.3, -0.25) is 4.79 Å². The van der Waals surface area contributed by atoms with Crippen LogP contribution in [0.4, 0.5) is 30.2 Å². The molecule has 0 spiro atoms. The van der Waals surface area contributed by atoms with E-state index in [2.05, 4.69) is 10.6 Å². The third kappa shape index (κ3) is 5.56. The number of alkyl halides is 3. The number of halogens is 4. The highest BCUT2D eigenvalue weighted by atomic mass is 35.5. The van der Waals surface area contributed by atoms with E-state index in [1.54, 1.807) is 12.1 Å². The minimum Gasteiger partial charge on any atom is -0.384 e. The first-order valence-corrected chi connectivity index (χ1v) is 8.22. The summed E-state index contributed by atoms with van der Waals surface area (Å²) in [5, 5.41) is 5.35. The number of rotatable bonds is 6. The van der Waals surface area contributed by atoms with Crippen LogP contribution in [0.15, 0.2) is 42.5 Å². The summed E-state index contributed by atoms with van der Waals surface area (Å²) in [5.74, 6) is -0.294. The Hall–Kier alpha value is -2.41. The lowest BCUT2D eigenvalue weighted by atomic mass is 10.1. The molecule has 0 aromatic heterocycles. The molecular weight excluding hydrogens is 367 g/mol. The van der Waals surface area contributed by atoms with Gasteiger partial charge >= 0.3 is 6.18 Å². The third-order valence-electron chi connectivity index (χ3n) is 3.62. The van der Waals surface area contributed by atoms with Crippen molar-refractivity contribution in [1.82, 2.24) is 0 Å². The van der Waals surface area contributed by atoms with Gasteiger partial charge in [0.1, 0.15) is 0 Å². The van der Waals surface area contributed by atoms with Gasteiger partial charge in [0, 0.05) is 49.1 Å². The molecule has 0 saturated carbocycles. The third-order valence-corrected chi connectivity index (χ3v) is 3.86. The highest BCUT2D eigenvalue weighted by Gasteiger charge is 2.33. The summed E-state index contributed by atoms with van der Waals surface area (Å²) in [6.45, 7) is 0.0618. The Morgan fingerprint density at radius 3 is 2.35 bits per heavy atom. The zero-order valence-electron chi connectivity index (χ0n) is 14.3.